The second-order valence-corrected chi connectivity index (χ2v) is 6.17. The van der Waals surface area contributed by atoms with E-state index >= 15 is 0 Å². The van der Waals surface area contributed by atoms with E-state index < -0.39 is 0 Å². The smallest absolute Gasteiger partial charge is 0.0433 e. The van der Waals surface area contributed by atoms with Crippen LogP contribution in [0.5, 0.6) is 0 Å². The van der Waals surface area contributed by atoms with E-state index in [1.807, 2.05) is 11.3 Å². The van der Waals surface area contributed by atoms with Crippen LogP contribution in [0.1, 0.15) is 17.4 Å². The molecule has 4 rings (SSSR count). The monoisotopic (exact) mass is 262 g/mol. The van der Waals surface area contributed by atoms with E-state index in [0.717, 1.165) is 0 Å². The zero-order valence-corrected chi connectivity index (χ0v) is 11.6. The Hall–Kier alpha value is -1.86. The summed E-state index contributed by atoms with van der Waals surface area (Å²) in [5.41, 5.74) is 1.38. The van der Waals surface area contributed by atoms with Crippen molar-refractivity contribution in [3.8, 4) is 0 Å². The average molecular weight is 262 g/mol. The lowest BCUT2D eigenvalue weighted by atomic mass is 10.0. The summed E-state index contributed by atoms with van der Waals surface area (Å²) < 4.78 is 1.41. The summed E-state index contributed by atoms with van der Waals surface area (Å²) >= 11 is 1.91. The first-order chi connectivity index (χ1) is 9.33. The molecule has 92 valence electrons. The van der Waals surface area contributed by atoms with Crippen molar-refractivity contribution in [2.24, 2.45) is 5.92 Å². The van der Waals surface area contributed by atoms with Crippen LogP contribution in [0.15, 0.2) is 48.6 Å². The lowest BCUT2D eigenvalue weighted by molar-refractivity contribution is 0.954. The summed E-state index contributed by atoms with van der Waals surface area (Å²) in [5.74, 6) is 0.523. The van der Waals surface area contributed by atoms with Gasteiger partial charge in [-0.2, -0.15) is 0 Å². The van der Waals surface area contributed by atoms with Crippen LogP contribution in [0, 0.1) is 5.92 Å². The number of hydrogen-bond donors (Lipinski definition) is 0. The highest BCUT2D eigenvalue weighted by molar-refractivity contribution is 7.21. The first kappa shape index (κ1) is 11.0. The highest BCUT2D eigenvalue weighted by Crippen LogP contribution is 2.39. The molecule has 1 heteroatoms. The molecular formula is C18H14S. The zero-order chi connectivity index (χ0) is 12.8. The topological polar surface area (TPSA) is 0 Å². The van der Waals surface area contributed by atoms with Crippen molar-refractivity contribution in [3.05, 3.63) is 59.0 Å². The molecule has 0 unspecified atom stereocenters. The van der Waals surface area contributed by atoms with E-state index in [2.05, 4.69) is 67.6 Å². The molecule has 1 aliphatic rings. The quantitative estimate of drug-likeness (QED) is 0.485. The largest absolute Gasteiger partial charge is 0.135 e. The normalized spacial score (nSPS) is 17.8. The molecular weight excluding hydrogens is 248 g/mol. The third-order valence-electron chi connectivity index (χ3n) is 3.76. The number of rotatable bonds is 0. The van der Waals surface area contributed by atoms with Gasteiger partial charge in [0.15, 0.2) is 0 Å². The van der Waals surface area contributed by atoms with Gasteiger partial charge in [0.2, 0.25) is 0 Å². The van der Waals surface area contributed by atoms with Gasteiger partial charge >= 0.3 is 0 Å². The second kappa shape index (κ2) is 4.07. The predicted octanol–water partition coefficient (Wildman–Crippen LogP) is 5.73. The fourth-order valence-electron chi connectivity index (χ4n) is 2.71. The van der Waals surface area contributed by atoms with Crippen molar-refractivity contribution in [2.45, 2.75) is 6.92 Å². The Morgan fingerprint density at radius 1 is 0.895 bits per heavy atom. The summed E-state index contributed by atoms with van der Waals surface area (Å²) in [7, 11) is 0. The minimum Gasteiger partial charge on any atom is -0.135 e. The molecule has 0 saturated heterocycles. The highest BCUT2D eigenvalue weighted by Gasteiger charge is 2.12. The third-order valence-corrected chi connectivity index (χ3v) is 4.98. The Morgan fingerprint density at radius 3 is 2.68 bits per heavy atom. The third kappa shape index (κ3) is 1.66. The molecule has 0 saturated carbocycles. The van der Waals surface area contributed by atoms with E-state index in [1.54, 1.807) is 0 Å². The van der Waals surface area contributed by atoms with Crippen LogP contribution < -0.4 is 0 Å². The molecule has 0 N–H and O–H groups in total. The molecule has 2 aromatic carbocycles. The van der Waals surface area contributed by atoms with Crippen LogP contribution in [-0.2, 0) is 0 Å². The van der Waals surface area contributed by atoms with Gasteiger partial charge in [-0.1, -0.05) is 61.5 Å². The SMILES string of the molecule is C[C@H]1C=Cc2sc3c(ccc4ccccc43)c2C=C1. The van der Waals surface area contributed by atoms with Gasteiger partial charge in [0.05, 0.1) is 0 Å². The summed E-state index contributed by atoms with van der Waals surface area (Å²) in [4.78, 5) is 1.38. The second-order valence-electron chi connectivity index (χ2n) is 5.12. The first-order valence-electron chi connectivity index (χ1n) is 6.63. The Balaban J connectivity index is 2.12. The van der Waals surface area contributed by atoms with Gasteiger partial charge in [-0.25, -0.2) is 0 Å². The van der Waals surface area contributed by atoms with Gasteiger partial charge in [-0.3, -0.25) is 0 Å². The molecule has 0 amide bonds. The summed E-state index contributed by atoms with van der Waals surface area (Å²) in [5, 5.41) is 4.08. The van der Waals surface area contributed by atoms with Gasteiger partial charge in [0.1, 0.15) is 0 Å². The van der Waals surface area contributed by atoms with E-state index in [4.69, 9.17) is 0 Å². The fraction of sp³-hybridized carbons (Fsp3) is 0.111. The van der Waals surface area contributed by atoms with E-state index in [-0.39, 0.29) is 0 Å². The minimum atomic E-state index is 0.523. The molecule has 0 spiro atoms. The predicted molar refractivity (Wildman–Crippen MR) is 86.6 cm³/mol. The van der Waals surface area contributed by atoms with Crippen LogP contribution in [0.4, 0.5) is 0 Å². The molecule has 0 nitrogen and oxygen atoms in total. The Kier molecular flexibility index (Phi) is 2.36. The maximum Gasteiger partial charge on any atom is 0.0433 e. The summed E-state index contributed by atoms with van der Waals surface area (Å²) in [6, 6.07) is 13.1. The molecule has 19 heavy (non-hydrogen) atoms. The molecule has 0 radical (unpaired) electrons. The molecule has 1 heterocycles. The molecule has 1 aromatic heterocycles. The van der Waals surface area contributed by atoms with Gasteiger partial charge in [0.25, 0.3) is 0 Å². The molecule has 3 aromatic rings. The van der Waals surface area contributed by atoms with Gasteiger partial charge in [0, 0.05) is 20.5 Å². The van der Waals surface area contributed by atoms with Crippen molar-refractivity contribution in [2.75, 3.05) is 0 Å². The van der Waals surface area contributed by atoms with Crippen LogP contribution in [0.25, 0.3) is 33.0 Å². The molecule has 0 fully saturated rings. The number of allylic oxidation sites excluding steroid dienone is 2. The molecule has 1 atom stereocenters. The van der Waals surface area contributed by atoms with Crippen molar-refractivity contribution in [1.29, 1.82) is 0 Å². The lowest BCUT2D eigenvalue weighted by Gasteiger charge is -1.99. The molecule has 1 aliphatic carbocycles. The van der Waals surface area contributed by atoms with Gasteiger partial charge in [-0.15, -0.1) is 11.3 Å². The van der Waals surface area contributed by atoms with Crippen molar-refractivity contribution in [3.63, 3.8) is 0 Å². The number of benzene rings is 2. The van der Waals surface area contributed by atoms with Crippen molar-refractivity contribution < 1.29 is 0 Å². The van der Waals surface area contributed by atoms with Crippen LogP contribution in [0.2, 0.25) is 0 Å². The Bertz CT molecular complexity index is 833. The maximum absolute atomic E-state index is 2.29. The number of thiophene rings is 1. The summed E-state index contributed by atoms with van der Waals surface area (Å²) in [6.07, 6.45) is 9.12. The molecule has 0 aliphatic heterocycles. The zero-order valence-electron chi connectivity index (χ0n) is 10.8. The fourth-order valence-corrected chi connectivity index (χ4v) is 3.95. The van der Waals surface area contributed by atoms with Crippen molar-refractivity contribution >= 4 is 44.3 Å². The summed E-state index contributed by atoms with van der Waals surface area (Å²) in [6.45, 7) is 2.22. The van der Waals surface area contributed by atoms with Gasteiger partial charge in [-0.05, 0) is 22.8 Å². The van der Waals surface area contributed by atoms with E-state index in [9.17, 15) is 0 Å². The van der Waals surface area contributed by atoms with Gasteiger partial charge < -0.3 is 0 Å². The first-order valence-corrected chi connectivity index (χ1v) is 7.45. The lowest BCUT2D eigenvalue weighted by Crippen LogP contribution is -1.78. The number of fused-ring (bicyclic) bond motifs is 5. The van der Waals surface area contributed by atoms with Crippen molar-refractivity contribution in [1.82, 2.24) is 0 Å². The minimum absolute atomic E-state index is 0.523. The standard InChI is InChI=1S/C18H14S/c1-12-6-9-15-16-10-8-13-4-2-3-5-14(13)18(16)19-17(15)11-7-12/h2-12H,1H3/t12-/m1/s1. The highest BCUT2D eigenvalue weighted by atomic mass is 32.1. The average Bonchev–Trinajstić information content (AvgIpc) is 2.71. The Morgan fingerprint density at radius 2 is 1.74 bits per heavy atom. The number of hydrogen-bond acceptors (Lipinski definition) is 1. The van der Waals surface area contributed by atoms with Crippen LogP contribution in [0.3, 0.4) is 0 Å². The van der Waals surface area contributed by atoms with E-state index in [0.29, 0.717) is 5.92 Å². The Labute approximate surface area is 116 Å². The molecule has 0 bridgehead atoms. The van der Waals surface area contributed by atoms with Crippen LogP contribution in [-0.4, -0.2) is 0 Å². The van der Waals surface area contributed by atoms with Crippen LogP contribution >= 0.6 is 11.3 Å². The van der Waals surface area contributed by atoms with E-state index in [1.165, 1.54) is 31.3 Å². The maximum atomic E-state index is 2.29.